The van der Waals surface area contributed by atoms with Crippen molar-refractivity contribution in [1.29, 1.82) is 5.26 Å². The van der Waals surface area contributed by atoms with Crippen molar-refractivity contribution in [1.82, 2.24) is 10.9 Å². The highest BCUT2D eigenvalue weighted by Gasteiger charge is 2.46. The first-order chi connectivity index (χ1) is 17.8. The minimum absolute atomic E-state index is 0.339. The second-order valence-corrected chi connectivity index (χ2v) is 8.37. The monoisotopic (exact) mass is 485 g/mol. The van der Waals surface area contributed by atoms with Gasteiger partial charge in [0.15, 0.2) is 6.23 Å². The molecule has 0 radical (unpaired) electrons. The fourth-order valence-corrected chi connectivity index (χ4v) is 3.97. The summed E-state index contributed by atoms with van der Waals surface area (Å²) >= 11 is 0. The van der Waals surface area contributed by atoms with Gasteiger partial charge < -0.3 is 24.4 Å². The molecular weight excluding hydrogens is 454 g/mol. The minimum atomic E-state index is -0.525. The molecule has 4 rings (SSSR count). The number of rotatable bonds is 13. The van der Waals surface area contributed by atoms with Gasteiger partial charge in [-0.05, 0) is 16.7 Å². The van der Waals surface area contributed by atoms with E-state index in [1.165, 1.54) is 12.3 Å². The third kappa shape index (κ3) is 7.75. The first kappa shape index (κ1) is 25.6. The first-order valence-corrected chi connectivity index (χ1v) is 12.0. The van der Waals surface area contributed by atoms with Crippen molar-refractivity contribution in [3.8, 4) is 6.07 Å². The molecule has 1 aliphatic heterocycles. The molecule has 0 amide bonds. The van der Waals surface area contributed by atoms with Gasteiger partial charge in [0.2, 0.25) is 0 Å². The Morgan fingerprint density at radius 1 is 0.750 bits per heavy atom. The lowest BCUT2D eigenvalue weighted by Gasteiger charge is -2.25. The van der Waals surface area contributed by atoms with Gasteiger partial charge in [0, 0.05) is 12.3 Å². The average molecular weight is 486 g/mol. The lowest BCUT2D eigenvalue weighted by atomic mass is 10.1. The van der Waals surface area contributed by atoms with Crippen LogP contribution in [0.25, 0.3) is 0 Å². The number of nitrogens with zero attached hydrogens (tertiary/aromatic N) is 1. The lowest BCUT2D eigenvalue weighted by molar-refractivity contribution is -0.0901. The summed E-state index contributed by atoms with van der Waals surface area (Å²) in [7, 11) is 0. The van der Waals surface area contributed by atoms with Crippen LogP contribution in [0.15, 0.2) is 103 Å². The summed E-state index contributed by atoms with van der Waals surface area (Å²) in [5.74, 6) is 0. The molecule has 0 spiro atoms. The summed E-state index contributed by atoms with van der Waals surface area (Å²) in [6.45, 7) is 1.64. The zero-order valence-corrected chi connectivity index (χ0v) is 20.0. The van der Waals surface area contributed by atoms with Crippen molar-refractivity contribution >= 4 is 0 Å². The van der Waals surface area contributed by atoms with E-state index in [9.17, 15) is 0 Å². The predicted molar refractivity (Wildman–Crippen MR) is 136 cm³/mol. The van der Waals surface area contributed by atoms with E-state index in [2.05, 4.69) is 10.9 Å². The molecule has 0 aliphatic carbocycles. The molecule has 1 saturated heterocycles. The average Bonchev–Trinajstić information content (AvgIpc) is 3.26. The smallest absolute Gasteiger partial charge is 0.154 e. The van der Waals surface area contributed by atoms with Crippen LogP contribution in [-0.4, -0.2) is 31.1 Å². The van der Waals surface area contributed by atoms with Crippen LogP contribution < -0.4 is 10.9 Å². The molecule has 7 nitrogen and oxygen atoms in total. The first-order valence-electron chi connectivity index (χ1n) is 12.0. The zero-order chi connectivity index (χ0) is 24.8. The standard InChI is InChI=1S/C29H31N3O4/c30-17-10-18-31-32-29-28(35-21-25-15-8-3-9-16-25)27(34-20-24-13-6-2-7-14-24)26(36-29)22-33-19-23-11-4-1-5-12-23/h1-16,18,26-29,31-32H,19-22H2/t26-,27-,28+,29?/m1/s1. The molecule has 1 aliphatic rings. The summed E-state index contributed by atoms with van der Waals surface area (Å²) in [6.07, 6.45) is 1.15. The summed E-state index contributed by atoms with van der Waals surface area (Å²) in [4.78, 5) is 0. The van der Waals surface area contributed by atoms with Gasteiger partial charge in [-0.3, -0.25) is 0 Å². The quantitative estimate of drug-likeness (QED) is 0.277. The third-order valence-corrected chi connectivity index (χ3v) is 5.74. The molecule has 2 N–H and O–H groups in total. The Bertz CT molecular complexity index is 1090. The predicted octanol–water partition coefficient (Wildman–Crippen LogP) is 4.23. The normalized spacial score (nSPS) is 21.4. The van der Waals surface area contributed by atoms with E-state index in [1.807, 2.05) is 97.1 Å². The van der Waals surface area contributed by atoms with Gasteiger partial charge in [0.1, 0.15) is 18.3 Å². The highest BCUT2D eigenvalue weighted by molar-refractivity contribution is 5.15. The lowest BCUT2D eigenvalue weighted by Crippen LogP contribution is -2.47. The maximum atomic E-state index is 8.78. The van der Waals surface area contributed by atoms with Gasteiger partial charge in [-0.25, -0.2) is 5.43 Å². The third-order valence-electron chi connectivity index (χ3n) is 5.74. The van der Waals surface area contributed by atoms with E-state index in [4.69, 9.17) is 24.2 Å². The maximum absolute atomic E-state index is 8.78. The molecule has 0 saturated carbocycles. The Balaban J connectivity index is 1.47. The van der Waals surface area contributed by atoms with Crippen LogP contribution in [0.3, 0.4) is 0 Å². The minimum Gasteiger partial charge on any atom is -0.374 e. The van der Waals surface area contributed by atoms with E-state index in [0.717, 1.165) is 16.7 Å². The second kappa shape index (κ2) is 14.1. The molecule has 36 heavy (non-hydrogen) atoms. The molecule has 1 fully saturated rings. The SMILES string of the molecule is N#CC=CNNC1O[C@H](COCc2ccccc2)[C@@H](OCc2ccccc2)[C@@H]1OCc1ccccc1. The highest BCUT2D eigenvalue weighted by atomic mass is 16.6. The van der Waals surface area contributed by atoms with Crippen molar-refractivity contribution < 1.29 is 18.9 Å². The van der Waals surface area contributed by atoms with Crippen molar-refractivity contribution in [2.24, 2.45) is 0 Å². The summed E-state index contributed by atoms with van der Waals surface area (Å²) < 4.78 is 25.1. The van der Waals surface area contributed by atoms with E-state index < -0.39 is 12.3 Å². The largest absolute Gasteiger partial charge is 0.374 e. The summed E-state index contributed by atoms with van der Waals surface area (Å²) in [5, 5.41) is 8.78. The van der Waals surface area contributed by atoms with E-state index in [0.29, 0.717) is 26.4 Å². The molecule has 1 heterocycles. The van der Waals surface area contributed by atoms with Gasteiger partial charge in [-0.1, -0.05) is 91.0 Å². The molecule has 4 atom stereocenters. The van der Waals surface area contributed by atoms with Gasteiger partial charge in [-0.2, -0.15) is 5.26 Å². The Labute approximate surface area is 212 Å². The second-order valence-electron chi connectivity index (χ2n) is 8.37. The van der Waals surface area contributed by atoms with Gasteiger partial charge in [0.05, 0.1) is 32.5 Å². The molecule has 1 unspecified atom stereocenters. The number of benzene rings is 3. The summed E-state index contributed by atoms with van der Waals surface area (Å²) in [6, 6.07) is 32.0. The van der Waals surface area contributed by atoms with Crippen molar-refractivity contribution in [2.75, 3.05) is 6.61 Å². The van der Waals surface area contributed by atoms with Gasteiger partial charge in [-0.15, -0.1) is 0 Å². The number of hydrazine groups is 1. The topological polar surface area (TPSA) is 84.8 Å². The Hall–Kier alpha value is -3.51. The number of hydrogen-bond acceptors (Lipinski definition) is 7. The molecule has 0 bridgehead atoms. The Kier molecular flexibility index (Phi) is 10.1. The number of nitriles is 1. The molecule has 3 aromatic rings. The van der Waals surface area contributed by atoms with Crippen LogP contribution in [0.5, 0.6) is 0 Å². The van der Waals surface area contributed by atoms with Crippen LogP contribution in [0.4, 0.5) is 0 Å². The van der Waals surface area contributed by atoms with Crippen molar-refractivity contribution in [2.45, 2.75) is 44.4 Å². The zero-order valence-electron chi connectivity index (χ0n) is 20.0. The van der Waals surface area contributed by atoms with Gasteiger partial charge in [0.25, 0.3) is 0 Å². The maximum Gasteiger partial charge on any atom is 0.154 e. The fourth-order valence-electron chi connectivity index (χ4n) is 3.97. The van der Waals surface area contributed by atoms with Gasteiger partial charge >= 0.3 is 0 Å². The number of nitrogens with one attached hydrogen (secondary N) is 2. The molecule has 7 heteroatoms. The Morgan fingerprint density at radius 2 is 1.28 bits per heavy atom. The van der Waals surface area contributed by atoms with Crippen LogP contribution in [0, 0.1) is 11.3 Å². The van der Waals surface area contributed by atoms with Crippen LogP contribution >= 0.6 is 0 Å². The van der Waals surface area contributed by atoms with E-state index in [-0.39, 0.29) is 12.2 Å². The molecule has 0 aromatic heterocycles. The highest BCUT2D eigenvalue weighted by Crippen LogP contribution is 2.28. The van der Waals surface area contributed by atoms with Crippen LogP contribution in [0.2, 0.25) is 0 Å². The van der Waals surface area contributed by atoms with E-state index >= 15 is 0 Å². The molecule has 3 aromatic carbocycles. The fraction of sp³-hybridized carbons (Fsp3) is 0.276. The van der Waals surface area contributed by atoms with E-state index in [1.54, 1.807) is 0 Å². The van der Waals surface area contributed by atoms with Crippen molar-refractivity contribution in [3.63, 3.8) is 0 Å². The molecule has 186 valence electrons. The molecular formula is C29H31N3O4. The number of hydrogen-bond donors (Lipinski definition) is 2. The number of ether oxygens (including phenoxy) is 4. The van der Waals surface area contributed by atoms with Crippen LogP contribution in [-0.2, 0) is 38.8 Å². The van der Waals surface area contributed by atoms with Crippen LogP contribution in [0.1, 0.15) is 16.7 Å². The Morgan fingerprint density at radius 3 is 1.83 bits per heavy atom. The van der Waals surface area contributed by atoms with Crippen molar-refractivity contribution in [3.05, 3.63) is 120 Å². The summed E-state index contributed by atoms with van der Waals surface area (Å²) in [5.41, 5.74) is 9.21. The number of allylic oxidation sites excluding steroid dienone is 1.